The van der Waals surface area contributed by atoms with Gasteiger partial charge in [0.1, 0.15) is 5.75 Å². The number of aromatic nitrogens is 1. The summed E-state index contributed by atoms with van der Waals surface area (Å²) >= 11 is 0. The van der Waals surface area contributed by atoms with Gasteiger partial charge in [0, 0.05) is 16.5 Å². The molecule has 3 aromatic carbocycles. The number of hydrogen-bond donors (Lipinski definition) is 1. The zero-order chi connectivity index (χ0) is 18.8. The minimum atomic E-state index is -0.994. The minimum Gasteiger partial charge on any atom is -0.497 e. The van der Waals surface area contributed by atoms with Crippen molar-refractivity contribution >= 4 is 16.9 Å². The zero-order valence-electron chi connectivity index (χ0n) is 14.7. The molecule has 1 aromatic heterocycles. The molecule has 0 aliphatic heterocycles. The van der Waals surface area contributed by atoms with Gasteiger partial charge in [-0.3, -0.25) is 0 Å². The molecule has 4 nitrogen and oxygen atoms in total. The van der Waals surface area contributed by atoms with Gasteiger partial charge in [0.2, 0.25) is 0 Å². The van der Waals surface area contributed by atoms with Crippen molar-refractivity contribution in [3.05, 3.63) is 84.4 Å². The van der Waals surface area contributed by atoms with Crippen molar-refractivity contribution in [1.29, 1.82) is 0 Å². The van der Waals surface area contributed by atoms with Gasteiger partial charge in [-0.25, -0.2) is 9.78 Å². The van der Waals surface area contributed by atoms with Crippen LogP contribution in [0.2, 0.25) is 0 Å². The summed E-state index contributed by atoms with van der Waals surface area (Å²) in [5.41, 5.74) is 3.78. The maximum atomic E-state index is 12.3. The maximum absolute atomic E-state index is 12.3. The standard InChI is InChI=1S/C23H17NO3/c1-27-17-12-13-19-18(14-17)21(23(25)26)20(15-8-4-2-5-9-15)22(24-19)16-10-6-3-7-11-16/h2-14H,1H3,(H,25,26). The molecule has 0 atom stereocenters. The van der Waals surface area contributed by atoms with E-state index < -0.39 is 5.97 Å². The summed E-state index contributed by atoms with van der Waals surface area (Å²) in [5.74, 6) is -0.398. The molecule has 0 amide bonds. The van der Waals surface area contributed by atoms with Crippen LogP contribution in [0.1, 0.15) is 10.4 Å². The van der Waals surface area contributed by atoms with Crippen molar-refractivity contribution in [3.8, 4) is 28.1 Å². The molecule has 1 N–H and O–H groups in total. The van der Waals surface area contributed by atoms with E-state index in [1.54, 1.807) is 25.3 Å². The van der Waals surface area contributed by atoms with Crippen LogP contribution in [-0.2, 0) is 0 Å². The quantitative estimate of drug-likeness (QED) is 0.541. The van der Waals surface area contributed by atoms with E-state index in [2.05, 4.69) is 0 Å². The second-order valence-electron chi connectivity index (χ2n) is 6.13. The van der Waals surface area contributed by atoms with Gasteiger partial charge in [0.25, 0.3) is 0 Å². The highest BCUT2D eigenvalue weighted by Crippen LogP contribution is 2.38. The fourth-order valence-electron chi connectivity index (χ4n) is 3.28. The predicted molar refractivity (Wildman–Crippen MR) is 106 cm³/mol. The van der Waals surface area contributed by atoms with E-state index in [-0.39, 0.29) is 5.56 Å². The van der Waals surface area contributed by atoms with Gasteiger partial charge in [0.15, 0.2) is 0 Å². The monoisotopic (exact) mass is 355 g/mol. The molecule has 27 heavy (non-hydrogen) atoms. The first-order valence-corrected chi connectivity index (χ1v) is 8.55. The number of carboxylic acid groups (broad SMARTS) is 1. The van der Waals surface area contributed by atoms with Gasteiger partial charge in [-0.15, -0.1) is 0 Å². The molecule has 4 rings (SSSR count). The summed E-state index contributed by atoms with van der Waals surface area (Å²) in [6.07, 6.45) is 0. The van der Waals surface area contributed by atoms with Gasteiger partial charge in [-0.2, -0.15) is 0 Å². The van der Waals surface area contributed by atoms with Crippen molar-refractivity contribution in [2.24, 2.45) is 0 Å². The van der Waals surface area contributed by atoms with E-state index in [0.717, 1.165) is 11.1 Å². The van der Waals surface area contributed by atoms with Gasteiger partial charge in [-0.1, -0.05) is 60.7 Å². The van der Waals surface area contributed by atoms with E-state index in [1.807, 2.05) is 60.7 Å². The van der Waals surface area contributed by atoms with Gasteiger partial charge >= 0.3 is 5.97 Å². The highest BCUT2D eigenvalue weighted by molar-refractivity contribution is 6.11. The van der Waals surface area contributed by atoms with Crippen LogP contribution in [0.5, 0.6) is 5.75 Å². The smallest absolute Gasteiger partial charge is 0.337 e. The minimum absolute atomic E-state index is 0.226. The second kappa shape index (κ2) is 6.92. The molecule has 0 fully saturated rings. The van der Waals surface area contributed by atoms with Crippen molar-refractivity contribution in [2.75, 3.05) is 7.11 Å². The van der Waals surface area contributed by atoms with E-state index in [1.165, 1.54) is 0 Å². The Bertz CT molecular complexity index is 1120. The molecule has 0 unspecified atom stereocenters. The summed E-state index contributed by atoms with van der Waals surface area (Å²) in [6, 6.07) is 24.5. The average molecular weight is 355 g/mol. The molecule has 0 aliphatic carbocycles. The number of aromatic carboxylic acids is 1. The molecule has 0 spiro atoms. The normalized spacial score (nSPS) is 10.7. The summed E-state index contributed by atoms with van der Waals surface area (Å²) in [7, 11) is 1.56. The van der Waals surface area contributed by atoms with Gasteiger partial charge in [-0.05, 0) is 23.8 Å². The van der Waals surface area contributed by atoms with Crippen LogP contribution in [0.3, 0.4) is 0 Å². The predicted octanol–water partition coefficient (Wildman–Crippen LogP) is 5.28. The van der Waals surface area contributed by atoms with Crippen LogP contribution in [0.15, 0.2) is 78.9 Å². The third kappa shape index (κ3) is 3.02. The van der Waals surface area contributed by atoms with E-state index in [0.29, 0.717) is 27.9 Å². The van der Waals surface area contributed by atoms with Gasteiger partial charge in [0.05, 0.1) is 23.9 Å². The van der Waals surface area contributed by atoms with Crippen LogP contribution in [0.25, 0.3) is 33.3 Å². The van der Waals surface area contributed by atoms with Gasteiger partial charge < -0.3 is 9.84 Å². The number of nitrogens with zero attached hydrogens (tertiary/aromatic N) is 1. The number of ether oxygens (including phenoxy) is 1. The van der Waals surface area contributed by atoms with Crippen LogP contribution in [-0.4, -0.2) is 23.2 Å². The summed E-state index contributed by atoms with van der Waals surface area (Å²) < 4.78 is 5.30. The molecule has 0 bridgehead atoms. The summed E-state index contributed by atoms with van der Waals surface area (Å²) in [6.45, 7) is 0. The largest absolute Gasteiger partial charge is 0.497 e. The molecule has 132 valence electrons. The number of carbonyl (C=O) groups is 1. The van der Waals surface area contributed by atoms with Crippen molar-refractivity contribution < 1.29 is 14.6 Å². The number of fused-ring (bicyclic) bond motifs is 1. The van der Waals surface area contributed by atoms with Crippen molar-refractivity contribution in [2.45, 2.75) is 0 Å². The molecule has 4 heteroatoms. The second-order valence-corrected chi connectivity index (χ2v) is 6.13. The Hall–Kier alpha value is -3.66. The lowest BCUT2D eigenvalue weighted by atomic mass is 9.91. The number of pyridine rings is 1. The van der Waals surface area contributed by atoms with E-state index in [9.17, 15) is 9.90 Å². The molecule has 4 aromatic rings. The first kappa shape index (κ1) is 16.8. The Morgan fingerprint density at radius 2 is 1.52 bits per heavy atom. The summed E-state index contributed by atoms with van der Waals surface area (Å²) in [4.78, 5) is 17.1. The molecule has 1 heterocycles. The highest BCUT2D eigenvalue weighted by Gasteiger charge is 2.22. The number of hydrogen-bond acceptors (Lipinski definition) is 3. The van der Waals surface area contributed by atoms with Crippen molar-refractivity contribution in [1.82, 2.24) is 4.98 Å². The van der Waals surface area contributed by atoms with Crippen LogP contribution < -0.4 is 4.74 Å². The lowest BCUT2D eigenvalue weighted by molar-refractivity contribution is 0.0700. The topological polar surface area (TPSA) is 59.4 Å². The Labute approximate surface area is 156 Å². The fraction of sp³-hybridized carbons (Fsp3) is 0.0435. The Morgan fingerprint density at radius 3 is 2.11 bits per heavy atom. The van der Waals surface area contributed by atoms with E-state index >= 15 is 0 Å². The number of carboxylic acids is 1. The maximum Gasteiger partial charge on any atom is 0.337 e. The third-order valence-corrected chi connectivity index (χ3v) is 4.52. The van der Waals surface area contributed by atoms with Crippen LogP contribution >= 0.6 is 0 Å². The lowest BCUT2D eigenvalue weighted by Crippen LogP contribution is -2.05. The number of methoxy groups -OCH3 is 1. The molecule has 0 aliphatic rings. The third-order valence-electron chi connectivity index (χ3n) is 4.52. The first-order chi connectivity index (χ1) is 13.2. The van der Waals surface area contributed by atoms with Crippen LogP contribution in [0.4, 0.5) is 0 Å². The molecule has 0 radical (unpaired) electrons. The zero-order valence-corrected chi connectivity index (χ0v) is 14.7. The van der Waals surface area contributed by atoms with E-state index in [4.69, 9.17) is 9.72 Å². The number of rotatable bonds is 4. The molecular weight excluding hydrogens is 338 g/mol. The summed E-state index contributed by atoms with van der Waals surface area (Å²) in [5, 5.41) is 10.6. The average Bonchev–Trinajstić information content (AvgIpc) is 2.73. The fourth-order valence-corrected chi connectivity index (χ4v) is 3.28. The molecule has 0 saturated heterocycles. The number of benzene rings is 3. The lowest BCUT2D eigenvalue weighted by Gasteiger charge is -2.16. The SMILES string of the molecule is COc1ccc2nc(-c3ccccc3)c(-c3ccccc3)c(C(=O)O)c2c1. The molecular formula is C23H17NO3. The Kier molecular flexibility index (Phi) is 4.30. The Balaban J connectivity index is 2.17. The Morgan fingerprint density at radius 1 is 0.889 bits per heavy atom. The first-order valence-electron chi connectivity index (χ1n) is 8.55. The van der Waals surface area contributed by atoms with Crippen molar-refractivity contribution in [3.63, 3.8) is 0 Å². The molecule has 0 saturated carbocycles. The van der Waals surface area contributed by atoms with Crippen LogP contribution in [0, 0.1) is 0 Å². The highest BCUT2D eigenvalue weighted by atomic mass is 16.5.